The molecule has 0 unspecified atom stereocenters. The number of aromatic amines is 1. The van der Waals surface area contributed by atoms with Crippen LogP contribution in [0.5, 0.6) is 0 Å². The molecule has 3 nitrogen and oxygen atoms in total. The van der Waals surface area contributed by atoms with E-state index in [-0.39, 0.29) is 5.78 Å². The van der Waals surface area contributed by atoms with Gasteiger partial charge in [0.05, 0.1) is 5.69 Å². The average molecular weight is 350 g/mol. The minimum Gasteiger partial charge on any atom is -0.396 e. The summed E-state index contributed by atoms with van der Waals surface area (Å²) in [6.45, 7) is 0. The zero-order chi connectivity index (χ0) is 14.3. The van der Waals surface area contributed by atoms with Gasteiger partial charge < -0.3 is 10.7 Å². The Kier molecular flexibility index (Phi) is 3.28. The number of nitrogen functional groups attached to an aromatic ring is 1. The van der Waals surface area contributed by atoms with Gasteiger partial charge >= 0.3 is 0 Å². The fourth-order valence-corrected chi connectivity index (χ4v) is 2.72. The van der Waals surface area contributed by atoms with Crippen LogP contribution in [0, 0.1) is 0 Å². The smallest absolute Gasteiger partial charge is 0.211 e. The number of nitrogens with one attached hydrogen (secondary N) is 1. The molecule has 0 bridgehead atoms. The third-order valence-corrected chi connectivity index (χ3v) is 3.84. The van der Waals surface area contributed by atoms with Crippen LogP contribution in [0.3, 0.4) is 0 Å². The van der Waals surface area contributed by atoms with Gasteiger partial charge in [0, 0.05) is 26.0 Å². The van der Waals surface area contributed by atoms with Crippen LogP contribution >= 0.6 is 27.5 Å². The standard InChI is InChI=1S/C15H10BrClN2O/c16-9-3-1-2-8(6-9)15(20)14-13(18)11-5-4-10(17)7-12(11)19-14/h1-7,19H,18H2. The van der Waals surface area contributed by atoms with Gasteiger partial charge in [0.25, 0.3) is 0 Å². The Morgan fingerprint density at radius 2 is 2.00 bits per heavy atom. The van der Waals surface area contributed by atoms with Crippen molar-refractivity contribution in [3.05, 3.63) is 63.2 Å². The maximum atomic E-state index is 12.5. The first kappa shape index (κ1) is 13.2. The number of anilines is 1. The highest BCUT2D eigenvalue weighted by molar-refractivity contribution is 9.10. The highest BCUT2D eigenvalue weighted by Crippen LogP contribution is 2.29. The molecule has 0 radical (unpaired) electrons. The molecule has 0 aliphatic carbocycles. The van der Waals surface area contributed by atoms with Crippen LogP contribution in [0.4, 0.5) is 5.69 Å². The molecule has 3 rings (SSSR count). The molecule has 3 aromatic rings. The second-order valence-electron chi connectivity index (χ2n) is 4.44. The summed E-state index contributed by atoms with van der Waals surface area (Å²) in [5, 5.41) is 1.40. The molecular formula is C15H10BrClN2O. The van der Waals surface area contributed by atoms with Crippen molar-refractivity contribution in [2.45, 2.75) is 0 Å². The summed E-state index contributed by atoms with van der Waals surface area (Å²) in [7, 11) is 0. The maximum absolute atomic E-state index is 12.5. The lowest BCUT2D eigenvalue weighted by molar-refractivity contribution is 0.103. The van der Waals surface area contributed by atoms with E-state index in [1.165, 1.54) is 0 Å². The Morgan fingerprint density at radius 1 is 1.20 bits per heavy atom. The SMILES string of the molecule is Nc1c(C(=O)c2cccc(Br)c2)[nH]c2cc(Cl)ccc12. The molecule has 5 heteroatoms. The van der Waals surface area contributed by atoms with Gasteiger partial charge in [0.2, 0.25) is 5.78 Å². The number of fused-ring (bicyclic) bond motifs is 1. The molecule has 0 amide bonds. The molecule has 0 atom stereocenters. The molecule has 0 spiro atoms. The Bertz CT molecular complexity index is 826. The van der Waals surface area contributed by atoms with Gasteiger partial charge in [-0.1, -0.05) is 39.7 Å². The van der Waals surface area contributed by atoms with E-state index in [9.17, 15) is 4.79 Å². The summed E-state index contributed by atoms with van der Waals surface area (Å²) >= 11 is 9.30. The largest absolute Gasteiger partial charge is 0.396 e. The van der Waals surface area contributed by atoms with E-state index in [4.69, 9.17) is 17.3 Å². The summed E-state index contributed by atoms with van der Waals surface area (Å²) in [5.74, 6) is -0.142. The van der Waals surface area contributed by atoms with Crippen LogP contribution in [0.25, 0.3) is 10.9 Å². The fourth-order valence-electron chi connectivity index (χ4n) is 2.14. The topological polar surface area (TPSA) is 58.9 Å². The number of hydrogen-bond acceptors (Lipinski definition) is 2. The van der Waals surface area contributed by atoms with Gasteiger partial charge in [-0.2, -0.15) is 0 Å². The minimum atomic E-state index is -0.142. The van der Waals surface area contributed by atoms with E-state index in [2.05, 4.69) is 20.9 Å². The van der Waals surface area contributed by atoms with E-state index in [1.807, 2.05) is 12.1 Å². The van der Waals surface area contributed by atoms with Crippen molar-refractivity contribution < 1.29 is 4.79 Å². The van der Waals surface area contributed by atoms with Gasteiger partial charge in [-0.15, -0.1) is 0 Å². The van der Waals surface area contributed by atoms with Crippen LogP contribution in [0.2, 0.25) is 5.02 Å². The van der Waals surface area contributed by atoms with Crippen molar-refractivity contribution in [1.82, 2.24) is 4.98 Å². The number of nitrogens with two attached hydrogens (primary N) is 1. The Labute approximate surface area is 128 Å². The average Bonchev–Trinajstić information content (AvgIpc) is 2.74. The number of benzene rings is 2. The Morgan fingerprint density at radius 3 is 2.75 bits per heavy atom. The van der Waals surface area contributed by atoms with Gasteiger partial charge in [0.15, 0.2) is 0 Å². The molecule has 3 N–H and O–H groups in total. The number of carbonyl (C=O) groups is 1. The second-order valence-corrected chi connectivity index (χ2v) is 5.80. The fraction of sp³-hybridized carbons (Fsp3) is 0. The third-order valence-electron chi connectivity index (χ3n) is 3.11. The molecular weight excluding hydrogens is 340 g/mol. The first-order valence-corrected chi connectivity index (χ1v) is 7.10. The predicted molar refractivity (Wildman–Crippen MR) is 85.3 cm³/mol. The summed E-state index contributed by atoms with van der Waals surface area (Å²) in [6, 6.07) is 12.5. The van der Waals surface area contributed by atoms with Crippen LogP contribution in [-0.4, -0.2) is 10.8 Å². The molecule has 0 aliphatic rings. The highest BCUT2D eigenvalue weighted by atomic mass is 79.9. The van der Waals surface area contributed by atoms with Crippen molar-refractivity contribution in [2.24, 2.45) is 0 Å². The lowest BCUT2D eigenvalue weighted by atomic mass is 10.1. The lowest BCUT2D eigenvalue weighted by Gasteiger charge is -2.01. The monoisotopic (exact) mass is 348 g/mol. The number of carbonyl (C=O) groups excluding carboxylic acids is 1. The first-order chi connectivity index (χ1) is 9.56. The number of H-pyrrole nitrogens is 1. The molecule has 0 saturated carbocycles. The molecule has 1 aromatic heterocycles. The quantitative estimate of drug-likeness (QED) is 0.674. The van der Waals surface area contributed by atoms with E-state index >= 15 is 0 Å². The van der Waals surface area contributed by atoms with Crippen LogP contribution in [0.15, 0.2) is 46.9 Å². The first-order valence-electron chi connectivity index (χ1n) is 5.93. The van der Waals surface area contributed by atoms with Gasteiger partial charge in [-0.3, -0.25) is 4.79 Å². The number of aromatic nitrogens is 1. The van der Waals surface area contributed by atoms with E-state index in [1.54, 1.807) is 30.3 Å². The molecule has 0 fully saturated rings. The highest BCUT2D eigenvalue weighted by Gasteiger charge is 2.17. The van der Waals surface area contributed by atoms with Crippen LogP contribution in [-0.2, 0) is 0 Å². The van der Waals surface area contributed by atoms with Gasteiger partial charge in [-0.25, -0.2) is 0 Å². The number of hydrogen-bond donors (Lipinski definition) is 2. The molecule has 2 aromatic carbocycles. The maximum Gasteiger partial charge on any atom is 0.211 e. The summed E-state index contributed by atoms with van der Waals surface area (Å²) in [5.41, 5.74) is 8.22. The number of halogens is 2. The van der Waals surface area contributed by atoms with Gasteiger partial charge in [-0.05, 0) is 30.3 Å². The van der Waals surface area contributed by atoms with E-state index in [0.717, 1.165) is 15.4 Å². The van der Waals surface area contributed by atoms with Crippen molar-refractivity contribution in [2.75, 3.05) is 5.73 Å². The summed E-state index contributed by atoms with van der Waals surface area (Å²) in [4.78, 5) is 15.6. The Hall–Kier alpha value is -1.78. The molecule has 20 heavy (non-hydrogen) atoms. The van der Waals surface area contributed by atoms with E-state index < -0.39 is 0 Å². The van der Waals surface area contributed by atoms with Crippen LogP contribution in [0.1, 0.15) is 16.1 Å². The Balaban J connectivity index is 2.14. The van der Waals surface area contributed by atoms with Crippen molar-refractivity contribution >= 4 is 49.9 Å². The summed E-state index contributed by atoms with van der Waals surface area (Å²) < 4.78 is 0.848. The minimum absolute atomic E-state index is 0.142. The van der Waals surface area contributed by atoms with Crippen molar-refractivity contribution in [3.63, 3.8) is 0 Å². The number of rotatable bonds is 2. The zero-order valence-electron chi connectivity index (χ0n) is 10.3. The third kappa shape index (κ3) is 2.21. The van der Waals surface area contributed by atoms with Gasteiger partial charge in [0.1, 0.15) is 5.69 Å². The zero-order valence-corrected chi connectivity index (χ0v) is 12.6. The van der Waals surface area contributed by atoms with Crippen LogP contribution < -0.4 is 5.73 Å². The molecule has 0 aliphatic heterocycles. The predicted octanol–water partition coefficient (Wildman–Crippen LogP) is 4.40. The second kappa shape index (κ2) is 4.96. The van der Waals surface area contributed by atoms with Crippen molar-refractivity contribution in [1.29, 1.82) is 0 Å². The lowest BCUT2D eigenvalue weighted by Crippen LogP contribution is -2.04. The molecule has 0 saturated heterocycles. The number of ketones is 1. The normalized spacial score (nSPS) is 10.9. The van der Waals surface area contributed by atoms with Crippen molar-refractivity contribution in [3.8, 4) is 0 Å². The summed E-state index contributed by atoms with van der Waals surface area (Å²) in [6.07, 6.45) is 0. The molecule has 100 valence electrons. The molecule has 1 heterocycles. The van der Waals surface area contributed by atoms with E-state index in [0.29, 0.717) is 22.0 Å².